The summed E-state index contributed by atoms with van der Waals surface area (Å²) >= 11 is 0. The largest absolute Gasteiger partial charge is 0.504 e. The Bertz CT molecular complexity index is 444. The molecule has 0 amide bonds. The lowest BCUT2D eigenvalue weighted by atomic mass is 10.1. The van der Waals surface area contributed by atoms with Crippen molar-refractivity contribution in [3.63, 3.8) is 0 Å². The van der Waals surface area contributed by atoms with E-state index in [-0.39, 0.29) is 11.8 Å². The molecule has 0 radical (unpaired) electrons. The number of ether oxygens (including phenoxy) is 1. The molecule has 1 aromatic rings. The van der Waals surface area contributed by atoms with Crippen LogP contribution in [0, 0.1) is 5.92 Å². The first-order valence-corrected chi connectivity index (χ1v) is 7.92. The van der Waals surface area contributed by atoms with E-state index in [4.69, 9.17) is 4.74 Å². The minimum atomic E-state index is 0.191. The summed E-state index contributed by atoms with van der Waals surface area (Å²) in [6.07, 6.45) is 2.70. The minimum Gasteiger partial charge on any atom is -0.504 e. The van der Waals surface area contributed by atoms with Crippen LogP contribution < -0.4 is 10.1 Å². The average molecular weight is 292 g/mol. The number of hydrogen-bond acceptors (Lipinski definition) is 4. The Morgan fingerprint density at radius 2 is 2.00 bits per heavy atom. The second kappa shape index (κ2) is 7.66. The number of hydrogen-bond donors (Lipinski definition) is 2. The van der Waals surface area contributed by atoms with Crippen LogP contribution in [0.3, 0.4) is 0 Å². The molecule has 4 nitrogen and oxygen atoms in total. The molecule has 1 aliphatic heterocycles. The van der Waals surface area contributed by atoms with Crippen LogP contribution in [-0.2, 0) is 0 Å². The van der Waals surface area contributed by atoms with Gasteiger partial charge in [-0.2, -0.15) is 0 Å². The number of phenolic OH excluding ortho intramolecular Hbond substituents is 1. The van der Waals surface area contributed by atoms with Gasteiger partial charge in [-0.3, -0.25) is 0 Å². The van der Waals surface area contributed by atoms with Crippen molar-refractivity contribution < 1.29 is 9.84 Å². The zero-order chi connectivity index (χ0) is 15.2. The molecule has 0 bridgehead atoms. The Morgan fingerprint density at radius 3 is 2.67 bits per heavy atom. The quantitative estimate of drug-likeness (QED) is 0.811. The number of rotatable bonds is 7. The van der Waals surface area contributed by atoms with Crippen molar-refractivity contribution in [2.75, 3.05) is 33.3 Å². The maximum atomic E-state index is 9.64. The van der Waals surface area contributed by atoms with Crippen LogP contribution in [0.5, 0.6) is 11.5 Å². The van der Waals surface area contributed by atoms with Crippen LogP contribution in [0.15, 0.2) is 18.2 Å². The van der Waals surface area contributed by atoms with Gasteiger partial charge in [0.2, 0.25) is 0 Å². The first kappa shape index (κ1) is 16.1. The van der Waals surface area contributed by atoms with E-state index in [0.717, 1.165) is 12.1 Å². The van der Waals surface area contributed by atoms with Crippen molar-refractivity contribution in [1.82, 2.24) is 10.2 Å². The molecule has 118 valence electrons. The molecule has 1 fully saturated rings. The van der Waals surface area contributed by atoms with Crippen LogP contribution >= 0.6 is 0 Å². The third-order valence-electron chi connectivity index (χ3n) is 4.24. The lowest BCUT2D eigenvalue weighted by molar-refractivity contribution is 0.279. The highest BCUT2D eigenvalue weighted by atomic mass is 16.5. The number of methoxy groups -OCH3 is 1. The molecule has 1 aromatic carbocycles. The summed E-state index contributed by atoms with van der Waals surface area (Å²) in [7, 11) is 1.58. The van der Waals surface area contributed by atoms with E-state index < -0.39 is 0 Å². The molecular formula is C17H28N2O2. The fraction of sp³-hybridized carbons (Fsp3) is 0.647. The molecule has 4 heteroatoms. The first-order chi connectivity index (χ1) is 10.1. The van der Waals surface area contributed by atoms with Crippen LogP contribution in [0.1, 0.15) is 38.3 Å². The Labute approximate surface area is 128 Å². The summed E-state index contributed by atoms with van der Waals surface area (Å²) in [5.41, 5.74) is 1.14. The van der Waals surface area contributed by atoms with Gasteiger partial charge in [-0.15, -0.1) is 0 Å². The normalized spacial score (nSPS) is 18.6. The molecule has 1 heterocycles. The number of aromatic hydroxyl groups is 1. The minimum absolute atomic E-state index is 0.191. The van der Waals surface area contributed by atoms with Gasteiger partial charge in [0, 0.05) is 12.6 Å². The Morgan fingerprint density at radius 1 is 1.29 bits per heavy atom. The maximum Gasteiger partial charge on any atom is 0.160 e. The molecule has 21 heavy (non-hydrogen) atoms. The van der Waals surface area contributed by atoms with E-state index in [9.17, 15) is 5.11 Å². The molecule has 2 N–H and O–H groups in total. The molecule has 2 unspecified atom stereocenters. The summed E-state index contributed by atoms with van der Waals surface area (Å²) in [5.74, 6) is 1.37. The van der Waals surface area contributed by atoms with Crippen LogP contribution in [-0.4, -0.2) is 43.3 Å². The number of likely N-dealkylation sites (tertiary alicyclic amines) is 1. The maximum absolute atomic E-state index is 9.64. The van der Waals surface area contributed by atoms with Gasteiger partial charge in [-0.05, 0) is 63.0 Å². The summed E-state index contributed by atoms with van der Waals surface area (Å²) in [4.78, 5) is 2.56. The highest BCUT2D eigenvalue weighted by Gasteiger charge is 2.15. The lowest BCUT2D eigenvalue weighted by Crippen LogP contribution is -2.32. The van der Waals surface area contributed by atoms with E-state index in [2.05, 4.69) is 24.1 Å². The molecule has 0 aromatic heterocycles. The second-order valence-corrected chi connectivity index (χ2v) is 6.17. The van der Waals surface area contributed by atoms with Crippen LogP contribution in [0.25, 0.3) is 0 Å². The van der Waals surface area contributed by atoms with Crippen molar-refractivity contribution in [3.05, 3.63) is 23.8 Å². The predicted octanol–water partition coefficient (Wildman–Crippen LogP) is 2.78. The zero-order valence-corrected chi connectivity index (χ0v) is 13.4. The number of phenols is 1. The Balaban J connectivity index is 1.81. The van der Waals surface area contributed by atoms with Crippen molar-refractivity contribution in [2.24, 2.45) is 5.92 Å². The molecule has 2 rings (SSSR count). The van der Waals surface area contributed by atoms with Crippen LogP contribution in [0.4, 0.5) is 0 Å². The molecule has 1 aliphatic rings. The van der Waals surface area contributed by atoms with Crippen molar-refractivity contribution in [2.45, 2.75) is 32.7 Å². The number of benzene rings is 1. The van der Waals surface area contributed by atoms with E-state index in [0.29, 0.717) is 11.7 Å². The second-order valence-electron chi connectivity index (χ2n) is 6.17. The van der Waals surface area contributed by atoms with E-state index in [1.165, 1.54) is 32.5 Å². The fourth-order valence-electron chi connectivity index (χ4n) is 2.93. The Hall–Kier alpha value is -1.26. The molecular weight excluding hydrogens is 264 g/mol. The molecule has 2 atom stereocenters. The summed E-state index contributed by atoms with van der Waals surface area (Å²) < 4.78 is 5.17. The standard InChI is InChI=1S/C17H28N2O2/c1-13(12-19-8-4-5-9-19)11-18-14(2)15-6-7-16(20)17(10-15)21-3/h6-7,10,13-14,18,20H,4-5,8-9,11-12H2,1-3H3. The summed E-state index contributed by atoms with van der Waals surface area (Å²) in [6, 6.07) is 5.79. The molecule has 0 aliphatic carbocycles. The van der Waals surface area contributed by atoms with Gasteiger partial charge in [-0.1, -0.05) is 13.0 Å². The fourth-order valence-corrected chi connectivity index (χ4v) is 2.93. The molecule has 0 spiro atoms. The van der Waals surface area contributed by atoms with E-state index in [1.54, 1.807) is 13.2 Å². The zero-order valence-electron chi connectivity index (χ0n) is 13.4. The molecule has 1 saturated heterocycles. The summed E-state index contributed by atoms with van der Waals surface area (Å²) in [6.45, 7) is 9.15. The van der Waals surface area contributed by atoms with Gasteiger partial charge in [0.1, 0.15) is 0 Å². The Kier molecular flexibility index (Phi) is 5.88. The van der Waals surface area contributed by atoms with Crippen LogP contribution in [0.2, 0.25) is 0 Å². The van der Waals surface area contributed by atoms with Gasteiger partial charge in [0.05, 0.1) is 7.11 Å². The number of nitrogens with zero attached hydrogens (tertiary/aromatic N) is 1. The van der Waals surface area contributed by atoms with E-state index in [1.807, 2.05) is 12.1 Å². The lowest BCUT2D eigenvalue weighted by Gasteiger charge is -2.23. The number of nitrogens with one attached hydrogen (secondary N) is 1. The SMILES string of the molecule is COc1cc(C(C)NCC(C)CN2CCCC2)ccc1O. The van der Waals surface area contributed by atoms with E-state index >= 15 is 0 Å². The van der Waals surface area contributed by atoms with Gasteiger partial charge in [0.25, 0.3) is 0 Å². The third kappa shape index (κ3) is 4.61. The van der Waals surface area contributed by atoms with Gasteiger partial charge in [-0.25, -0.2) is 0 Å². The predicted molar refractivity (Wildman–Crippen MR) is 85.9 cm³/mol. The molecule has 0 saturated carbocycles. The van der Waals surface area contributed by atoms with Crippen molar-refractivity contribution >= 4 is 0 Å². The highest BCUT2D eigenvalue weighted by Crippen LogP contribution is 2.28. The third-order valence-corrected chi connectivity index (χ3v) is 4.24. The van der Waals surface area contributed by atoms with Gasteiger partial charge in [0.15, 0.2) is 11.5 Å². The topological polar surface area (TPSA) is 44.7 Å². The first-order valence-electron chi connectivity index (χ1n) is 7.92. The smallest absolute Gasteiger partial charge is 0.160 e. The monoisotopic (exact) mass is 292 g/mol. The highest BCUT2D eigenvalue weighted by molar-refractivity contribution is 5.42. The average Bonchev–Trinajstić information content (AvgIpc) is 2.98. The van der Waals surface area contributed by atoms with Crippen molar-refractivity contribution in [3.8, 4) is 11.5 Å². The summed E-state index contributed by atoms with van der Waals surface area (Å²) in [5, 5.41) is 13.2. The van der Waals surface area contributed by atoms with Gasteiger partial charge >= 0.3 is 0 Å². The van der Waals surface area contributed by atoms with Crippen molar-refractivity contribution in [1.29, 1.82) is 0 Å². The van der Waals surface area contributed by atoms with Gasteiger partial charge < -0.3 is 20.1 Å².